The molecular formula is C19H15N3OS. The van der Waals surface area contributed by atoms with Crippen LogP contribution in [0.1, 0.15) is 11.1 Å². The van der Waals surface area contributed by atoms with E-state index in [1.807, 2.05) is 17.5 Å². The van der Waals surface area contributed by atoms with E-state index in [9.17, 15) is 4.79 Å². The molecule has 4 aromatic rings. The summed E-state index contributed by atoms with van der Waals surface area (Å²) in [6.07, 6.45) is 5.09. The molecule has 0 aliphatic carbocycles. The summed E-state index contributed by atoms with van der Waals surface area (Å²) in [7, 11) is 0. The van der Waals surface area contributed by atoms with Gasteiger partial charge in [-0.2, -0.15) is 0 Å². The Morgan fingerprint density at radius 2 is 1.83 bits per heavy atom. The molecule has 0 spiro atoms. The lowest BCUT2D eigenvalue weighted by Gasteiger charge is -2.06. The molecule has 1 aromatic carbocycles. The fourth-order valence-electron chi connectivity index (χ4n) is 2.71. The molecule has 5 heteroatoms. The number of rotatable bonds is 3. The van der Waals surface area contributed by atoms with Crippen molar-refractivity contribution in [2.75, 3.05) is 0 Å². The van der Waals surface area contributed by atoms with E-state index in [1.165, 1.54) is 16.9 Å². The van der Waals surface area contributed by atoms with Gasteiger partial charge in [0.15, 0.2) is 0 Å². The minimum atomic E-state index is -0.00589. The van der Waals surface area contributed by atoms with Crippen LogP contribution in [0.3, 0.4) is 0 Å². The van der Waals surface area contributed by atoms with Crippen molar-refractivity contribution in [2.45, 2.75) is 13.5 Å². The lowest BCUT2D eigenvalue weighted by atomic mass is 10.1. The molecule has 24 heavy (non-hydrogen) atoms. The first-order valence-electron chi connectivity index (χ1n) is 7.65. The fraction of sp³-hybridized carbons (Fsp3) is 0.105. The highest BCUT2D eigenvalue weighted by Gasteiger charge is 2.13. The van der Waals surface area contributed by atoms with E-state index in [0.717, 1.165) is 21.5 Å². The van der Waals surface area contributed by atoms with Crippen LogP contribution in [0, 0.1) is 6.92 Å². The molecule has 118 valence electrons. The Hall–Kier alpha value is -2.79. The predicted molar refractivity (Wildman–Crippen MR) is 97.4 cm³/mol. The summed E-state index contributed by atoms with van der Waals surface area (Å²) in [5.74, 6) is 0. The third kappa shape index (κ3) is 2.63. The van der Waals surface area contributed by atoms with Crippen LogP contribution in [0.25, 0.3) is 21.3 Å². The molecule has 0 amide bonds. The van der Waals surface area contributed by atoms with Gasteiger partial charge in [-0.05, 0) is 30.2 Å². The summed E-state index contributed by atoms with van der Waals surface area (Å²) < 4.78 is 1.65. The Morgan fingerprint density at radius 1 is 1.08 bits per heavy atom. The molecule has 0 saturated carbocycles. The molecule has 3 aromatic heterocycles. The molecule has 0 saturated heterocycles. The topological polar surface area (TPSA) is 47.8 Å². The largest absolute Gasteiger partial charge is 0.294 e. The molecule has 0 aliphatic heterocycles. The molecule has 0 N–H and O–H groups in total. The van der Waals surface area contributed by atoms with Gasteiger partial charge in [0.25, 0.3) is 5.56 Å². The van der Waals surface area contributed by atoms with E-state index in [0.29, 0.717) is 11.9 Å². The Bertz CT molecular complexity index is 1050. The van der Waals surface area contributed by atoms with E-state index in [2.05, 4.69) is 41.2 Å². The van der Waals surface area contributed by atoms with Crippen LogP contribution < -0.4 is 5.56 Å². The maximum absolute atomic E-state index is 13.0. The van der Waals surface area contributed by atoms with Crippen molar-refractivity contribution >= 4 is 21.6 Å². The second-order valence-corrected chi connectivity index (χ2v) is 6.59. The van der Waals surface area contributed by atoms with Crippen LogP contribution in [0.5, 0.6) is 0 Å². The normalized spacial score (nSPS) is 11.0. The molecule has 4 rings (SSSR count). The molecule has 0 bridgehead atoms. The average Bonchev–Trinajstić information content (AvgIpc) is 3.04. The molecule has 3 heterocycles. The average molecular weight is 333 g/mol. The minimum absolute atomic E-state index is 0.00589. The Kier molecular flexibility index (Phi) is 3.70. The van der Waals surface area contributed by atoms with Gasteiger partial charge in [0, 0.05) is 23.3 Å². The summed E-state index contributed by atoms with van der Waals surface area (Å²) in [5.41, 5.74) is 4.23. The molecule has 0 radical (unpaired) electrons. The highest BCUT2D eigenvalue weighted by atomic mass is 32.1. The van der Waals surface area contributed by atoms with Gasteiger partial charge in [0.2, 0.25) is 0 Å². The minimum Gasteiger partial charge on any atom is -0.294 e. The molecule has 0 aliphatic rings. The highest BCUT2D eigenvalue weighted by Crippen LogP contribution is 2.30. The summed E-state index contributed by atoms with van der Waals surface area (Å²) >= 11 is 1.51. The van der Waals surface area contributed by atoms with Gasteiger partial charge >= 0.3 is 0 Å². The number of hydrogen-bond donors (Lipinski definition) is 0. The monoisotopic (exact) mass is 333 g/mol. The lowest BCUT2D eigenvalue weighted by molar-refractivity contribution is 0.748. The second kappa shape index (κ2) is 6.02. The zero-order chi connectivity index (χ0) is 16.5. The van der Waals surface area contributed by atoms with Crippen LogP contribution in [-0.2, 0) is 6.54 Å². The van der Waals surface area contributed by atoms with Crippen molar-refractivity contribution in [1.82, 2.24) is 14.5 Å². The molecular weight excluding hydrogens is 318 g/mol. The van der Waals surface area contributed by atoms with Crippen LogP contribution in [-0.4, -0.2) is 14.5 Å². The van der Waals surface area contributed by atoms with E-state index in [4.69, 9.17) is 0 Å². The number of aromatic nitrogens is 3. The number of hydrogen-bond acceptors (Lipinski definition) is 4. The number of nitrogens with zero attached hydrogens (tertiary/aromatic N) is 3. The van der Waals surface area contributed by atoms with E-state index >= 15 is 0 Å². The third-order valence-corrected chi connectivity index (χ3v) is 4.91. The van der Waals surface area contributed by atoms with Crippen LogP contribution in [0.15, 0.2) is 65.3 Å². The van der Waals surface area contributed by atoms with Crippen molar-refractivity contribution in [3.8, 4) is 11.1 Å². The molecule has 0 fully saturated rings. The number of fused-ring (bicyclic) bond motifs is 1. The van der Waals surface area contributed by atoms with Crippen molar-refractivity contribution in [1.29, 1.82) is 0 Å². The fourth-order valence-corrected chi connectivity index (χ4v) is 3.62. The Labute approximate surface area is 143 Å². The van der Waals surface area contributed by atoms with Crippen molar-refractivity contribution in [3.63, 3.8) is 0 Å². The van der Waals surface area contributed by atoms with Crippen molar-refractivity contribution in [2.24, 2.45) is 0 Å². The predicted octanol–water partition coefficient (Wildman–Crippen LogP) is 3.88. The highest BCUT2D eigenvalue weighted by molar-refractivity contribution is 7.17. The third-order valence-electron chi connectivity index (χ3n) is 4.03. The molecule has 0 atom stereocenters. The molecule has 0 unspecified atom stereocenters. The summed E-state index contributed by atoms with van der Waals surface area (Å²) in [4.78, 5) is 22.2. The van der Waals surface area contributed by atoms with Crippen molar-refractivity contribution in [3.05, 3.63) is 82.0 Å². The van der Waals surface area contributed by atoms with Gasteiger partial charge in [-0.1, -0.05) is 29.8 Å². The van der Waals surface area contributed by atoms with Crippen LogP contribution >= 0.6 is 11.3 Å². The Morgan fingerprint density at radius 3 is 2.58 bits per heavy atom. The second-order valence-electron chi connectivity index (χ2n) is 5.73. The molecule has 4 nitrogen and oxygen atoms in total. The number of thiophene rings is 1. The standard InChI is InChI=1S/C19H15N3OS/c1-13-2-4-15(5-3-13)16-11-24-18-17(16)19(23)22(12-21-18)10-14-6-8-20-9-7-14/h2-9,11-12H,10H2,1H3. The maximum atomic E-state index is 13.0. The van der Waals surface area contributed by atoms with Gasteiger partial charge in [0.05, 0.1) is 18.3 Å². The summed E-state index contributed by atoms with van der Waals surface area (Å²) in [6, 6.07) is 12.0. The van der Waals surface area contributed by atoms with E-state index in [1.54, 1.807) is 23.3 Å². The summed E-state index contributed by atoms with van der Waals surface area (Å²) in [6.45, 7) is 2.55. The SMILES string of the molecule is Cc1ccc(-c2csc3ncn(Cc4ccncc4)c(=O)c23)cc1. The van der Waals surface area contributed by atoms with Gasteiger partial charge in [-0.25, -0.2) is 4.98 Å². The van der Waals surface area contributed by atoms with Crippen LogP contribution in [0.4, 0.5) is 0 Å². The Balaban J connectivity index is 1.84. The van der Waals surface area contributed by atoms with E-state index < -0.39 is 0 Å². The van der Waals surface area contributed by atoms with Gasteiger partial charge in [0.1, 0.15) is 4.83 Å². The quantitative estimate of drug-likeness (QED) is 0.572. The van der Waals surface area contributed by atoms with Gasteiger partial charge in [-0.15, -0.1) is 11.3 Å². The number of aryl methyl sites for hydroxylation is 1. The van der Waals surface area contributed by atoms with Crippen LogP contribution in [0.2, 0.25) is 0 Å². The van der Waals surface area contributed by atoms with Crippen molar-refractivity contribution < 1.29 is 0 Å². The zero-order valence-electron chi connectivity index (χ0n) is 13.1. The number of pyridine rings is 1. The first kappa shape index (κ1) is 14.8. The first-order valence-corrected chi connectivity index (χ1v) is 8.53. The van der Waals surface area contributed by atoms with E-state index in [-0.39, 0.29) is 5.56 Å². The lowest BCUT2D eigenvalue weighted by Crippen LogP contribution is -2.20. The smallest absolute Gasteiger partial charge is 0.263 e. The zero-order valence-corrected chi connectivity index (χ0v) is 14.0. The van der Waals surface area contributed by atoms with Gasteiger partial charge < -0.3 is 0 Å². The van der Waals surface area contributed by atoms with Gasteiger partial charge in [-0.3, -0.25) is 14.3 Å². The number of benzene rings is 1. The first-order chi connectivity index (χ1) is 11.7. The summed E-state index contributed by atoms with van der Waals surface area (Å²) in [5, 5.41) is 2.71. The maximum Gasteiger partial charge on any atom is 0.263 e.